The number of hydrogen-bond acceptors (Lipinski definition) is 12. The predicted octanol–water partition coefficient (Wildman–Crippen LogP) is 2.86. The Hall–Kier alpha value is -0.990. The first-order valence-electron chi connectivity index (χ1n) is 14.6. The van der Waals surface area contributed by atoms with E-state index in [1.807, 2.05) is 44.2 Å². The van der Waals surface area contributed by atoms with Crippen molar-refractivity contribution in [2.75, 3.05) is 92.4 Å². The second kappa shape index (κ2) is 17.3. The molecule has 3 heterocycles. The van der Waals surface area contributed by atoms with Gasteiger partial charge in [-0.15, -0.1) is 0 Å². The summed E-state index contributed by atoms with van der Waals surface area (Å²) in [6, 6.07) is 9.80. The number of ether oxygens (including phenoxy) is 8. The van der Waals surface area contributed by atoms with Gasteiger partial charge >= 0.3 is 7.60 Å². The number of hydrogen-bond donors (Lipinski definition) is 0. The molecule has 0 aliphatic carbocycles. The van der Waals surface area contributed by atoms with Crippen LogP contribution in [0.25, 0.3) is 0 Å². The zero-order valence-electron chi connectivity index (χ0n) is 24.4. The molecule has 0 saturated carbocycles. The molecule has 13 heteroatoms. The standard InChI is InChI=1S/C28H46NO11P/c1-4-37-41(30,38-5-2)20-13-29-11-14-32-16-18-34-25-24-23(21-36-27(40-24)22-9-7-6-8-10-22)39-28(31-3)26(25)35-19-17-33-15-12-29/h6-10,23-28H,4-5,11-21H2,1-3H3/t23-,24-,25+,26-,27?,28+/m1/s1. The van der Waals surface area contributed by atoms with Gasteiger partial charge in [0, 0.05) is 32.3 Å². The van der Waals surface area contributed by atoms with Crippen LogP contribution in [-0.4, -0.2) is 128 Å². The average molecular weight is 604 g/mol. The number of methoxy groups -OCH3 is 1. The fourth-order valence-electron chi connectivity index (χ4n) is 5.12. The highest BCUT2D eigenvalue weighted by molar-refractivity contribution is 7.53. The van der Waals surface area contributed by atoms with Crippen molar-refractivity contribution in [3.8, 4) is 0 Å². The average Bonchev–Trinajstić information content (AvgIpc) is 3.00. The minimum absolute atomic E-state index is 0.304. The van der Waals surface area contributed by atoms with Crippen LogP contribution in [0.3, 0.4) is 0 Å². The molecule has 3 aliphatic heterocycles. The third-order valence-corrected chi connectivity index (χ3v) is 9.16. The molecule has 3 saturated heterocycles. The van der Waals surface area contributed by atoms with E-state index >= 15 is 0 Å². The SMILES string of the molecule is CCOP(=O)(CCN1CCOCCO[C@@H]2[C@@H](OCCOCC1)[C@@H](OC)O[C@@H]1COC(c3ccccc3)O[C@@H]21)OCC. The van der Waals surface area contributed by atoms with E-state index < -0.39 is 38.5 Å². The molecular formula is C28H46NO11P. The molecule has 1 unspecified atom stereocenters. The number of rotatable bonds is 9. The minimum atomic E-state index is -3.13. The van der Waals surface area contributed by atoms with Crippen LogP contribution in [0.5, 0.6) is 0 Å². The lowest BCUT2D eigenvalue weighted by Gasteiger charge is -2.48. The van der Waals surface area contributed by atoms with Crippen LogP contribution in [0, 0.1) is 0 Å². The molecule has 234 valence electrons. The molecule has 41 heavy (non-hydrogen) atoms. The zero-order valence-corrected chi connectivity index (χ0v) is 25.3. The second-order valence-electron chi connectivity index (χ2n) is 9.86. The van der Waals surface area contributed by atoms with E-state index in [0.29, 0.717) is 85.3 Å². The molecular weight excluding hydrogens is 557 g/mol. The molecule has 3 aliphatic rings. The highest BCUT2D eigenvalue weighted by Gasteiger charge is 2.51. The van der Waals surface area contributed by atoms with Crippen LogP contribution in [-0.2, 0) is 51.5 Å². The topological polar surface area (TPSA) is 113 Å². The van der Waals surface area contributed by atoms with Gasteiger partial charge in [-0.25, -0.2) is 0 Å². The van der Waals surface area contributed by atoms with Crippen molar-refractivity contribution in [1.82, 2.24) is 4.90 Å². The van der Waals surface area contributed by atoms with Crippen molar-refractivity contribution in [1.29, 1.82) is 0 Å². The lowest BCUT2D eigenvalue weighted by Crippen LogP contribution is -2.63. The van der Waals surface area contributed by atoms with Crippen molar-refractivity contribution in [3.05, 3.63) is 35.9 Å². The largest absolute Gasteiger partial charge is 0.378 e. The number of benzene rings is 1. The highest BCUT2D eigenvalue weighted by Crippen LogP contribution is 2.47. The number of fused-ring (bicyclic) bond motifs is 3. The summed E-state index contributed by atoms with van der Waals surface area (Å²) in [5, 5.41) is 0. The molecule has 0 bridgehead atoms. The summed E-state index contributed by atoms with van der Waals surface area (Å²) in [7, 11) is -1.55. The first-order valence-corrected chi connectivity index (χ1v) is 16.3. The van der Waals surface area contributed by atoms with Gasteiger partial charge in [-0.3, -0.25) is 9.46 Å². The maximum atomic E-state index is 12.9. The van der Waals surface area contributed by atoms with Crippen molar-refractivity contribution in [2.45, 2.75) is 50.8 Å². The quantitative estimate of drug-likeness (QED) is 0.387. The van der Waals surface area contributed by atoms with Gasteiger partial charge in [0.15, 0.2) is 12.6 Å². The molecule has 0 amide bonds. The third-order valence-electron chi connectivity index (χ3n) is 7.11. The lowest BCUT2D eigenvalue weighted by atomic mass is 9.97. The Bertz CT molecular complexity index is 902. The van der Waals surface area contributed by atoms with E-state index in [2.05, 4.69) is 4.90 Å². The van der Waals surface area contributed by atoms with E-state index in [9.17, 15) is 4.57 Å². The van der Waals surface area contributed by atoms with E-state index in [1.54, 1.807) is 7.11 Å². The van der Waals surface area contributed by atoms with Crippen LogP contribution in [0.1, 0.15) is 25.7 Å². The van der Waals surface area contributed by atoms with Crippen LogP contribution in [0.4, 0.5) is 0 Å². The summed E-state index contributed by atoms with van der Waals surface area (Å²) in [6.07, 6.45) is -2.69. The molecule has 0 aromatic heterocycles. The Morgan fingerprint density at radius 3 is 2.12 bits per heavy atom. The van der Waals surface area contributed by atoms with Gasteiger partial charge in [-0.05, 0) is 13.8 Å². The van der Waals surface area contributed by atoms with Gasteiger partial charge in [0.05, 0.1) is 65.6 Å². The Morgan fingerprint density at radius 2 is 1.49 bits per heavy atom. The van der Waals surface area contributed by atoms with Crippen LogP contribution >= 0.6 is 7.60 Å². The molecule has 0 radical (unpaired) electrons. The Balaban J connectivity index is 1.37. The maximum Gasteiger partial charge on any atom is 0.331 e. The summed E-state index contributed by atoms with van der Waals surface area (Å²) >= 11 is 0. The van der Waals surface area contributed by atoms with E-state index in [0.717, 1.165) is 5.56 Å². The van der Waals surface area contributed by atoms with Gasteiger partial charge in [-0.2, -0.15) is 0 Å². The van der Waals surface area contributed by atoms with Crippen molar-refractivity contribution >= 4 is 7.60 Å². The molecule has 1 aromatic carbocycles. The van der Waals surface area contributed by atoms with Gasteiger partial charge in [0.1, 0.15) is 24.4 Å². The molecule has 1 aromatic rings. The Kier molecular flexibility index (Phi) is 13.9. The summed E-state index contributed by atoms with van der Waals surface area (Å²) in [5.74, 6) is 0. The van der Waals surface area contributed by atoms with Crippen LogP contribution in [0.2, 0.25) is 0 Å². The molecule has 12 nitrogen and oxygen atoms in total. The van der Waals surface area contributed by atoms with Crippen molar-refractivity contribution < 1.29 is 51.5 Å². The fraction of sp³-hybridized carbons (Fsp3) is 0.786. The van der Waals surface area contributed by atoms with Crippen molar-refractivity contribution in [3.63, 3.8) is 0 Å². The molecule has 0 N–H and O–H groups in total. The van der Waals surface area contributed by atoms with Crippen molar-refractivity contribution in [2.24, 2.45) is 0 Å². The van der Waals surface area contributed by atoms with E-state index in [4.69, 9.17) is 46.9 Å². The summed E-state index contributed by atoms with van der Waals surface area (Å²) in [4.78, 5) is 2.14. The second-order valence-corrected chi connectivity index (χ2v) is 12.0. The van der Waals surface area contributed by atoms with Gasteiger partial charge in [0.2, 0.25) is 0 Å². The maximum absolute atomic E-state index is 12.9. The summed E-state index contributed by atoms with van der Waals surface area (Å²) < 4.78 is 72.5. The first-order chi connectivity index (χ1) is 20.1. The predicted molar refractivity (Wildman–Crippen MR) is 149 cm³/mol. The third kappa shape index (κ3) is 9.76. The zero-order chi connectivity index (χ0) is 28.9. The minimum Gasteiger partial charge on any atom is -0.378 e. The fourth-order valence-corrected chi connectivity index (χ4v) is 6.77. The van der Waals surface area contributed by atoms with Gasteiger partial charge < -0.3 is 46.9 Å². The Labute approximate surface area is 243 Å². The van der Waals surface area contributed by atoms with E-state index in [-0.39, 0.29) is 6.10 Å². The van der Waals surface area contributed by atoms with Crippen LogP contribution in [0.15, 0.2) is 30.3 Å². The van der Waals surface area contributed by atoms with Crippen LogP contribution < -0.4 is 0 Å². The number of nitrogens with zero attached hydrogens (tertiary/aromatic N) is 1. The Morgan fingerprint density at radius 1 is 0.829 bits per heavy atom. The normalized spacial score (nSPS) is 31.4. The smallest absolute Gasteiger partial charge is 0.331 e. The van der Waals surface area contributed by atoms with E-state index in [1.165, 1.54) is 0 Å². The molecule has 3 fully saturated rings. The van der Waals surface area contributed by atoms with Gasteiger partial charge in [0.25, 0.3) is 0 Å². The first kappa shape index (κ1) is 32.9. The summed E-state index contributed by atoms with van der Waals surface area (Å²) in [6.45, 7) is 8.88. The monoisotopic (exact) mass is 603 g/mol. The molecule has 4 rings (SSSR count). The lowest BCUT2D eigenvalue weighted by molar-refractivity contribution is -0.368. The highest BCUT2D eigenvalue weighted by atomic mass is 31.2. The van der Waals surface area contributed by atoms with Gasteiger partial charge in [-0.1, -0.05) is 30.3 Å². The molecule has 6 atom stereocenters. The molecule has 0 spiro atoms. The summed E-state index contributed by atoms with van der Waals surface area (Å²) in [5.41, 5.74) is 0.926.